The average Bonchev–Trinajstić information content (AvgIpc) is 2.73. The molecule has 0 bridgehead atoms. The van der Waals surface area contributed by atoms with E-state index in [2.05, 4.69) is 20.9 Å². The van der Waals surface area contributed by atoms with Crippen LogP contribution in [0, 0.1) is 0 Å². The van der Waals surface area contributed by atoms with Gasteiger partial charge in [0, 0.05) is 23.8 Å². The summed E-state index contributed by atoms with van der Waals surface area (Å²) in [6, 6.07) is 8.43. The number of ketones is 1. The summed E-state index contributed by atoms with van der Waals surface area (Å²) >= 11 is 9.37. The van der Waals surface area contributed by atoms with E-state index in [1.54, 1.807) is 30.3 Å². The summed E-state index contributed by atoms with van der Waals surface area (Å²) in [5.74, 6) is 0.0647. The lowest BCUT2D eigenvalue weighted by Crippen LogP contribution is -2.22. The zero-order valence-electron chi connectivity index (χ0n) is 15.5. The summed E-state index contributed by atoms with van der Waals surface area (Å²) in [6.07, 6.45) is 2.77. The second-order valence-electron chi connectivity index (χ2n) is 6.27. The van der Waals surface area contributed by atoms with Gasteiger partial charge in [-0.15, -0.1) is 0 Å². The molecular formula is C20H21BrClNO5. The standard InChI is InChI=1S/C20H21BrClNO5/c1-25-12-28-17-8-6-14(11-27-18-4-2-3-9-26-18)23-19(17)20(24)13-5-7-16(22)15(21)10-13/h5-8,10,18H,2-4,9,11-12H2,1H3. The third-order valence-corrected chi connectivity index (χ3v) is 5.41. The van der Waals surface area contributed by atoms with E-state index >= 15 is 0 Å². The van der Waals surface area contributed by atoms with Crippen LogP contribution in [0.25, 0.3) is 0 Å². The van der Waals surface area contributed by atoms with E-state index in [1.807, 2.05) is 0 Å². The largest absolute Gasteiger partial charge is 0.465 e. The predicted octanol–water partition coefficient (Wildman–Crippen LogP) is 4.75. The number of carbonyl (C=O) groups is 1. The van der Waals surface area contributed by atoms with Crippen LogP contribution in [0.5, 0.6) is 5.75 Å². The molecule has 150 valence electrons. The van der Waals surface area contributed by atoms with Crippen LogP contribution in [0.4, 0.5) is 0 Å². The summed E-state index contributed by atoms with van der Waals surface area (Å²) in [5.41, 5.74) is 1.26. The Morgan fingerprint density at radius 3 is 2.89 bits per heavy atom. The first-order valence-corrected chi connectivity index (χ1v) is 10.1. The summed E-state index contributed by atoms with van der Waals surface area (Å²) in [5, 5.41) is 0.523. The van der Waals surface area contributed by atoms with Gasteiger partial charge in [-0.2, -0.15) is 0 Å². The number of hydrogen-bond acceptors (Lipinski definition) is 6. The van der Waals surface area contributed by atoms with Gasteiger partial charge in [0.1, 0.15) is 0 Å². The fraction of sp³-hybridized carbons (Fsp3) is 0.400. The summed E-state index contributed by atoms with van der Waals surface area (Å²) in [7, 11) is 1.51. The van der Waals surface area contributed by atoms with Crippen LogP contribution >= 0.6 is 27.5 Å². The first kappa shape index (κ1) is 21.2. The van der Waals surface area contributed by atoms with Crippen LogP contribution in [0.3, 0.4) is 0 Å². The molecule has 2 aromatic rings. The van der Waals surface area contributed by atoms with E-state index in [-0.39, 0.29) is 31.2 Å². The van der Waals surface area contributed by atoms with Crippen molar-refractivity contribution in [1.29, 1.82) is 0 Å². The zero-order chi connectivity index (χ0) is 19.9. The van der Waals surface area contributed by atoms with Crippen molar-refractivity contribution in [1.82, 2.24) is 4.98 Å². The maximum absolute atomic E-state index is 13.0. The smallest absolute Gasteiger partial charge is 0.215 e. The lowest BCUT2D eigenvalue weighted by Gasteiger charge is -2.22. The topological polar surface area (TPSA) is 66.9 Å². The molecule has 1 aliphatic heterocycles. The molecule has 2 heterocycles. The third kappa shape index (κ3) is 5.52. The van der Waals surface area contributed by atoms with Gasteiger partial charge in [-0.05, 0) is 65.5 Å². The number of benzene rings is 1. The van der Waals surface area contributed by atoms with Gasteiger partial charge >= 0.3 is 0 Å². The molecule has 1 fully saturated rings. The zero-order valence-corrected chi connectivity index (χ0v) is 17.8. The highest BCUT2D eigenvalue weighted by Gasteiger charge is 2.20. The molecule has 1 unspecified atom stereocenters. The Kier molecular flexibility index (Phi) is 7.82. The minimum atomic E-state index is -0.278. The highest BCUT2D eigenvalue weighted by molar-refractivity contribution is 9.10. The second kappa shape index (κ2) is 10.3. The highest BCUT2D eigenvalue weighted by Crippen LogP contribution is 2.27. The van der Waals surface area contributed by atoms with Gasteiger partial charge in [-0.3, -0.25) is 4.79 Å². The number of hydrogen-bond donors (Lipinski definition) is 0. The SMILES string of the molecule is COCOc1ccc(COC2CCCCO2)nc1C(=O)c1ccc(Cl)c(Br)c1. The Morgan fingerprint density at radius 2 is 2.18 bits per heavy atom. The second-order valence-corrected chi connectivity index (χ2v) is 7.53. The van der Waals surface area contributed by atoms with E-state index < -0.39 is 0 Å². The van der Waals surface area contributed by atoms with Gasteiger partial charge in [0.05, 0.1) is 17.3 Å². The van der Waals surface area contributed by atoms with Crippen molar-refractivity contribution in [3.05, 3.63) is 56.8 Å². The van der Waals surface area contributed by atoms with Gasteiger partial charge in [0.2, 0.25) is 5.78 Å². The molecule has 28 heavy (non-hydrogen) atoms. The lowest BCUT2D eigenvalue weighted by atomic mass is 10.1. The van der Waals surface area contributed by atoms with Crippen LogP contribution < -0.4 is 4.74 Å². The van der Waals surface area contributed by atoms with Gasteiger partial charge in [0.25, 0.3) is 0 Å². The Morgan fingerprint density at radius 1 is 1.32 bits per heavy atom. The Hall–Kier alpha value is -1.51. The molecule has 1 aromatic carbocycles. The first-order valence-electron chi connectivity index (χ1n) is 8.93. The van der Waals surface area contributed by atoms with E-state index in [1.165, 1.54) is 7.11 Å². The first-order chi connectivity index (χ1) is 13.6. The summed E-state index contributed by atoms with van der Waals surface area (Å²) in [4.78, 5) is 17.5. The van der Waals surface area contributed by atoms with Gasteiger partial charge in [0.15, 0.2) is 24.5 Å². The normalized spacial score (nSPS) is 16.8. The molecule has 0 spiro atoms. The molecule has 8 heteroatoms. The molecule has 0 radical (unpaired) electrons. The molecule has 3 rings (SSSR count). The molecular weight excluding hydrogens is 450 g/mol. The van der Waals surface area contributed by atoms with Gasteiger partial charge in [-0.25, -0.2) is 4.98 Å². The molecule has 1 atom stereocenters. The molecule has 0 aliphatic carbocycles. The maximum Gasteiger partial charge on any atom is 0.215 e. The van der Waals surface area contributed by atoms with Crippen molar-refractivity contribution in [3.8, 4) is 5.75 Å². The Bertz CT molecular complexity index is 826. The quantitative estimate of drug-likeness (QED) is 0.409. The van der Waals surface area contributed by atoms with Crippen LogP contribution in [0.1, 0.15) is 41.0 Å². The van der Waals surface area contributed by atoms with Crippen molar-refractivity contribution < 1.29 is 23.7 Å². The monoisotopic (exact) mass is 469 g/mol. The van der Waals surface area contributed by atoms with Crippen LogP contribution in [-0.2, 0) is 20.8 Å². The van der Waals surface area contributed by atoms with E-state index in [0.29, 0.717) is 33.1 Å². The van der Waals surface area contributed by atoms with E-state index in [9.17, 15) is 4.79 Å². The Labute approximate surface area is 177 Å². The molecule has 1 aliphatic rings. The molecule has 0 amide bonds. The van der Waals surface area contributed by atoms with Crippen LogP contribution in [0.2, 0.25) is 5.02 Å². The van der Waals surface area contributed by atoms with E-state index in [0.717, 1.165) is 19.3 Å². The molecule has 0 N–H and O–H groups in total. The molecule has 1 aromatic heterocycles. The Balaban J connectivity index is 1.82. The van der Waals surface area contributed by atoms with Crippen molar-refractivity contribution >= 4 is 33.3 Å². The van der Waals surface area contributed by atoms with E-state index in [4.69, 9.17) is 30.5 Å². The van der Waals surface area contributed by atoms with Gasteiger partial charge < -0.3 is 18.9 Å². The number of rotatable bonds is 8. The number of pyridine rings is 1. The summed E-state index contributed by atoms with van der Waals surface area (Å²) < 4.78 is 22.5. The molecule has 0 saturated carbocycles. The minimum Gasteiger partial charge on any atom is -0.465 e. The van der Waals surface area contributed by atoms with Gasteiger partial charge in [-0.1, -0.05) is 11.6 Å². The van der Waals surface area contributed by atoms with Crippen molar-refractivity contribution in [2.75, 3.05) is 20.5 Å². The fourth-order valence-corrected chi connectivity index (χ4v) is 3.26. The van der Waals surface area contributed by atoms with Crippen molar-refractivity contribution in [2.45, 2.75) is 32.2 Å². The minimum absolute atomic E-state index is 0.0119. The highest BCUT2D eigenvalue weighted by atomic mass is 79.9. The number of nitrogens with zero attached hydrogens (tertiary/aromatic N) is 1. The number of aromatic nitrogens is 1. The fourth-order valence-electron chi connectivity index (χ4n) is 2.76. The average molecular weight is 471 g/mol. The lowest BCUT2D eigenvalue weighted by molar-refractivity contribution is -0.169. The number of ether oxygens (including phenoxy) is 4. The predicted molar refractivity (Wildman–Crippen MR) is 108 cm³/mol. The number of halogens is 2. The maximum atomic E-state index is 13.0. The summed E-state index contributed by atoms with van der Waals surface area (Å²) in [6.45, 7) is 0.967. The third-order valence-electron chi connectivity index (χ3n) is 4.20. The molecule has 6 nitrogen and oxygen atoms in total. The number of methoxy groups -OCH3 is 1. The van der Waals surface area contributed by atoms with Crippen molar-refractivity contribution in [2.24, 2.45) is 0 Å². The van der Waals surface area contributed by atoms with Crippen molar-refractivity contribution in [3.63, 3.8) is 0 Å². The van der Waals surface area contributed by atoms with Crippen LogP contribution in [0.15, 0.2) is 34.8 Å². The molecule has 1 saturated heterocycles. The van der Waals surface area contributed by atoms with Crippen LogP contribution in [-0.4, -0.2) is 37.6 Å². The number of carbonyl (C=O) groups excluding carboxylic acids is 1.